The van der Waals surface area contributed by atoms with E-state index in [1.54, 1.807) is 0 Å². The lowest BCUT2D eigenvalue weighted by molar-refractivity contribution is 0.436. The number of rotatable bonds is 0. The summed E-state index contributed by atoms with van der Waals surface area (Å²) in [4.78, 5) is 2.00. The number of fused-ring (bicyclic) bond motifs is 1. The average Bonchev–Trinajstić information content (AvgIpc) is 1.94. The van der Waals surface area contributed by atoms with Crippen LogP contribution in [-0.4, -0.2) is 39.4 Å². The molecule has 0 heterocycles. The zero-order chi connectivity index (χ0) is 11.1. The second-order valence-corrected chi connectivity index (χ2v) is 3.57. The predicted molar refractivity (Wildman–Crippen MR) is 61.6 cm³/mol. The van der Waals surface area contributed by atoms with E-state index in [4.69, 9.17) is 13.3 Å². The molecular weight excluding hydrogens is 216 g/mol. The highest BCUT2D eigenvalue weighted by atomic mass is 32.2. The summed E-state index contributed by atoms with van der Waals surface area (Å²) in [6, 6.07) is 8.48. The third-order valence-electron chi connectivity index (χ3n) is 1.22. The highest BCUT2D eigenvalue weighted by Gasteiger charge is 2.03. The van der Waals surface area contributed by atoms with Crippen LogP contribution >= 0.6 is 0 Å². The summed E-state index contributed by atoms with van der Waals surface area (Å²) in [5, 5.41) is 0. The topological polar surface area (TPSA) is 98.6 Å². The Morgan fingerprint density at radius 1 is 1.13 bits per heavy atom. The largest absolute Gasteiger partial charge is 0.750 e. The molecule has 88 valence electrons. The molecule has 0 aromatic rings. The molecule has 0 fully saturated rings. The molecule has 2 rings (SSSR count). The van der Waals surface area contributed by atoms with Crippen molar-refractivity contribution in [2.45, 2.75) is 0 Å². The van der Waals surface area contributed by atoms with Gasteiger partial charge in [0.2, 0.25) is 0 Å². The summed E-state index contributed by atoms with van der Waals surface area (Å²) in [5.74, 6) is 0. The molecular formula is C9H17N2O3S-. The zero-order valence-electron chi connectivity index (χ0n) is 9.14. The van der Waals surface area contributed by atoms with Gasteiger partial charge in [-0.2, -0.15) is 0 Å². The molecule has 0 aromatic heterocycles. The molecule has 1 atom stereocenters. The Labute approximate surface area is 92.8 Å². The van der Waals surface area contributed by atoms with Gasteiger partial charge in [0.25, 0.3) is 0 Å². The van der Waals surface area contributed by atoms with Crippen molar-refractivity contribution in [2.24, 2.45) is 0 Å². The fraction of sp³-hybridized carbons (Fsp3) is 0.333. The van der Waals surface area contributed by atoms with E-state index in [0.717, 1.165) is 0 Å². The quantitative estimate of drug-likeness (QED) is 0.669. The van der Waals surface area contributed by atoms with Crippen LogP contribution in [0.5, 0.6) is 0 Å². The van der Waals surface area contributed by atoms with E-state index in [1.807, 2.05) is 26.0 Å². The van der Waals surface area contributed by atoms with E-state index in [1.165, 1.54) is 11.1 Å². The molecule has 2 aliphatic carbocycles. The molecule has 0 radical (unpaired) electrons. The molecule has 0 bridgehead atoms. The SMILES string of the molecule is CN(C)C.N.O=S([O-])O.c1cc2ccc1-2. The fourth-order valence-corrected chi connectivity index (χ4v) is 0.663. The van der Waals surface area contributed by atoms with Gasteiger partial charge in [-0.1, -0.05) is 24.3 Å². The summed E-state index contributed by atoms with van der Waals surface area (Å²) >= 11 is -2.86. The molecule has 0 amide bonds. The average molecular weight is 233 g/mol. The van der Waals surface area contributed by atoms with E-state index < -0.39 is 11.4 Å². The fourth-order valence-electron chi connectivity index (χ4n) is 0.663. The molecule has 15 heavy (non-hydrogen) atoms. The van der Waals surface area contributed by atoms with Gasteiger partial charge in [0.15, 0.2) is 0 Å². The Balaban J connectivity index is 0. The molecule has 0 aromatic carbocycles. The van der Waals surface area contributed by atoms with Gasteiger partial charge in [0.1, 0.15) is 0 Å². The zero-order valence-corrected chi connectivity index (χ0v) is 9.95. The molecule has 4 N–H and O–H groups in total. The lowest BCUT2D eigenvalue weighted by Crippen LogP contribution is -1.99. The van der Waals surface area contributed by atoms with E-state index in [0.29, 0.717) is 0 Å². The van der Waals surface area contributed by atoms with Gasteiger partial charge >= 0.3 is 0 Å². The first kappa shape index (κ1) is 16.6. The molecule has 0 spiro atoms. The third kappa shape index (κ3) is 9.51. The lowest BCUT2D eigenvalue weighted by atomic mass is 9.95. The molecule has 2 aliphatic rings. The number of hydrogen-bond acceptors (Lipinski definition) is 4. The second-order valence-electron chi connectivity index (χ2n) is 3.14. The van der Waals surface area contributed by atoms with Gasteiger partial charge in [0.05, 0.1) is 11.4 Å². The van der Waals surface area contributed by atoms with Crippen molar-refractivity contribution in [3.8, 4) is 11.1 Å². The van der Waals surface area contributed by atoms with Crippen LogP contribution in [0.15, 0.2) is 24.3 Å². The number of benzene rings is 1. The van der Waals surface area contributed by atoms with Gasteiger partial charge in [-0.3, -0.25) is 0 Å². The van der Waals surface area contributed by atoms with Crippen molar-refractivity contribution in [1.82, 2.24) is 11.1 Å². The Bertz CT molecular complexity index is 260. The predicted octanol–water partition coefficient (Wildman–Crippen LogP) is 1.35. The summed E-state index contributed by atoms with van der Waals surface area (Å²) in [6.07, 6.45) is 0. The molecule has 6 heteroatoms. The first-order valence-electron chi connectivity index (χ1n) is 3.93. The maximum Gasteiger partial charge on any atom is 0.0814 e. The molecule has 0 saturated carbocycles. The Morgan fingerprint density at radius 3 is 1.27 bits per heavy atom. The van der Waals surface area contributed by atoms with Gasteiger partial charge < -0.3 is 20.2 Å². The summed E-state index contributed by atoms with van der Waals surface area (Å²) in [6.45, 7) is 0. The van der Waals surface area contributed by atoms with Gasteiger partial charge in [0, 0.05) is 0 Å². The minimum atomic E-state index is -2.86. The Hall–Kier alpha value is -0.790. The summed E-state index contributed by atoms with van der Waals surface area (Å²) < 4.78 is 24.1. The van der Waals surface area contributed by atoms with Crippen LogP contribution in [-0.2, 0) is 11.4 Å². The molecule has 1 unspecified atom stereocenters. The minimum Gasteiger partial charge on any atom is -0.750 e. The van der Waals surface area contributed by atoms with Crippen molar-refractivity contribution < 1.29 is 13.3 Å². The van der Waals surface area contributed by atoms with Crippen LogP contribution in [0.25, 0.3) is 11.1 Å². The van der Waals surface area contributed by atoms with Crippen LogP contribution in [0, 0.1) is 0 Å². The van der Waals surface area contributed by atoms with Gasteiger partial charge in [-0.15, -0.1) is 0 Å². The normalized spacial score (nSPS) is 11.1. The van der Waals surface area contributed by atoms with Crippen LogP contribution in [0.1, 0.15) is 0 Å². The van der Waals surface area contributed by atoms with E-state index in [-0.39, 0.29) is 6.15 Å². The maximum atomic E-state index is 8.56. The molecule has 0 saturated heterocycles. The van der Waals surface area contributed by atoms with Crippen LogP contribution in [0.3, 0.4) is 0 Å². The maximum absolute atomic E-state index is 8.56. The van der Waals surface area contributed by atoms with Gasteiger partial charge in [-0.25, -0.2) is 4.21 Å². The minimum absolute atomic E-state index is 0. The summed E-state index contributed by atoms with van der Waals surface area (Å²) in [5.41, 5.74) is 2.85. The van der Waals surface area contributed by atoms with Crippen molar-refractivity contribution in [1.29, 1.82) is 0 Å². The van der Waals surface area contributed by atoms with Crippen molar-refractivity contribution in [3.63, 3.8) is 0 Å². The van der Waals surface area contributed by atoms with E-state index in [9.17, 15) is 0 Å². The van der Waals surface area contributed by atoms with Crippen LogP contribution in [0.2, 0.25) is 0 Å². The van der Waals surface area contributed by atoms with E-state index >= 15 is 0 Å². The third-order valence-corrected chi connectivity index (χ3v) is 1.22. The summed E-state index contributed by atoms with van der Waals surface area (Å²) in [7, 11) is 6.00. The number of hydrogen-bond donors (Lipinski definition) is 2. The van der Waals surface area contributed by atoms with Crippen molar-refractivity contribution >= 4 is 11.4 Å². The molecule has 0 aliphatic heterocycles. The van der Waals surface area contributed by atoms with E-state index in [2.05, 4.69) is 24.3 Å². The highest BCUT2D eigenvalue weighted by Crippen LogP contribution is 2.29. The first-order valence-corrected chi connectivity index (χ1v) is 4.96. The van der Waals surface area contributed by atoms with Crippen molar-refractivity contribution in [3.05, 3.63) is 24.3 Å². The Morgan fingerprint density at radius 2 is 1.27 bits per heavy atom. The van der Waals surface area contributed by atoms with Crippen LogP contribution < -0.4 is 6.15 Å². The standard InChI is InChI=1S/C6H4.C3H9N.H3N.H2O3S/c1-2-6-4-3-5(1)6;1-4(2)3;;1-4(2)3/h1-4H;1-3H3;1H3;(H2,1,2,3)/p-1. The van der Waals surface area contributed by atoms with Crippen molar-refractivity contribution in [2.75, 3.05) is 21.1 Å². The monoisotopic (exact) mass is 233 g/mol. The second kappa shape index (κ2) is 8.51. The lowest BCUT2D eigenvalue weighted by Gasteiger charge is -2.10. The first-order chi connectivity index (χ1) is 6.43. The Kier molecular flexibility index (Phi) is 9.44. The highest BCUT2D eigenvalue weighted by molar-refractivity contribution is 7.73. The smallest absolute Gasteiger partial charge is 0.0814 e. The van der Waals surface area contributed by atoms with Crippen LogP contribution in [0.4, 0.5) is 0 Å². The number of nitrogens with zero attached hydrogens (tertiary/aromatic N) is 1. The van der Waals surface area contributed by atoms with Gasteiger partial charge in [-0.05, 0) is 32.3 Å². The molecule has 5 nitrogen and oxygen atoms in total.